The molecule has 1 aromatic carbocycles. The molecule has 0 aromatic heterocycles. The van der Waals surface area contributed by atoms with Crippen LogP contribution < -0.4 is 10.5 Å². The van der Waals surface area contributed by atoms with Crippen molar-refractivity contribution in [1.82, 2.24) is 0 Å². The molecule has 3 N–H and O–H groups in total. The molecule has 4 nitrogen and oxygen atoms in total. The number of benzene rings is 1. The summed E-state index contributed by atoms with van der Waals surface area (Å²) in [6, 6.07) is 7.90. The maximum absolute atomic E-state index is 9.42. The predicted molar refractivity (Wildman–Crippen MR) is 67.2 cm³/mol. The molecule has 0 aliphatic heterocycles. The second-order valence-electron chi connectivity index (χ2n) is 4.25. The average Bonchev–Trinajstić information content (AvgIpc) is 2.28. The van der Waals surface area contributed by atoms with Crippen molar-refractivity contribution in [3.8, 4) is 5.75 Å². The first-order valence-electron chi connectivity index (χ1n) is 5.76. The van der Waals surface area contributed by atoms with E-state index in [1.54, 1.807) is 7.11 Å². The van der Waals surface area contributed by atoms with Crippen LogP contribution in [0.3, 0.4) is 0 Å². The van der Waals surface area contributed by atoms with Gasteiger partial charge in [0.05, 0.1) is 6.61 Å². The molecular weight excluding hydrogens is 218 g/mol. The van der Waals surface area contributed by atoms with E-state index in [0.717, 1.165) is 12.2 Å². The van der Waals surface area contributed by atoms with Crippen molar-refractivity contribution in [3.63, 3.8) is 0 Å². The van der Waals surface area contributed by atoms with Crippen LogP contribution in [-0.2, 0) is 11.2 Å². The van der Waals surface area contributed by atoms with Gasteiger partial charge in [-0.2, -0.15) is 0 Å². The molecule has 0 spiro atoms. The normalized spacial score (nSPS) is 14.4. The molecule has 0 heterocycles. The second kappa shape index (κ2) is 7.27. The Morgan fingerprint density at radius 2 is 1.88 bits per heavy atom. The zero-order valence-corrected chi connectivity index (χ0v) is 10.4. The van der Waals surface area contributed by atoms with Gasteiger partial charge >= 0.3 is 0 Å². The minimum atomic E-state index is -0.594. The van der Waals surface area contributed by atoms with Gasteiger partial charge in [-0.1, -0.05) is 12.1 Å². The highest BCUT2D eigenvalue weighted by Gasteiger charge is 2.04. The van der Waals surface area contributed by atoms with Crippen LogP contribution in [0.25, 0.3) is 0 Å². The van der Waals surface area contributed by atoms with Gasteiger partial charge in [0, 0.05) is 13.2 Å². The van der Waals surface area contributed by atoms with Gasteiger partial charge in [-0.3, -0.25) is 0 Å². The molecule has 2 unspecified atom stereocenters. The SMILES string of the molecule is COCC(O)COc1ccc(CC(C)N)cc1. The van der Waals surface area contributed by atoms with Gasteiger partial charge in [-0.15, -0.1) is 0 Å². The van der Waals surface area contributed by atoms with E-state index >= 15 is 0 Å². The Bertz CT molecular complexity index is 311. The monoisotopic (exact) mass is 239 g/mol. The lowest BCUT2D eigenvalue weighted by atomic mass is 10.1. The summed E-state index contributed by atoms with van der Waals surface area (Å²) in [5.74, 6) is 0.744. The van der Waals surface area contributed by atoms with E-state index in [2.05, 4.69) is 0 Å². The molecule has 0 saturated heterocycles. The smallest absolute Gasteiger partial charge is 0.119 e. The lowest BCUT2D eigenvalue weighted by molar-refractivity contribution is 0.0325. The van der Waals surface area contributed by atoms with Crippen molar-refractivity contribution < 1.29 is 14.6 Å². The number of methoxy groups -OCH3 is 1. The lowest BCUT2D eigenvalue weighted by Gasteiger charge is -2.12. The van der Waals surface area contributed by atoms with Crippen molar-refractivity contribution in [3.05, 3.63) is 29.8 Å². The first kappa shape index (κ1) is 14.0. The van der Waals surface area contributed by atoms with Gasteiger partial charge in [0.25, 0.3) is 0 Å². The van der Waals surface area contributed by atoms with Crippen LogP contribution in [0.15, 0.2) is 24.3 Å². The van der Waals surface area contributed by atoms with E-state index in [0.29, 0.717) is 0 Å². The fraction of sp³-hybridized carbons (Fsp3) is 0.538. The topological polar surface area (TPSA) is 64.7 Å². The summed E-state index contributed by atoms with van der Waals surface area (Å²) < 4.78 is 10.2. The second-order valence-corrected chi connectivity index (χ2v) is 4.25. The number of aliphatic hydroxyl groups is 1. The molecule has 0 amide bonds. The van der Waals surface area contributed by atoms with Crippen molar-refractivity contribution in [1.29, 1.82) is 0 Å². The highest BCUT2D eigenvalue weighted by Crippen LogP contribution is 2.13. The summed E-state index contributed by atoms with van der Waals surface area (Å²) in [7, 11) is 1.55. The Morgan fingerprint density at radius 3 is 2.41 bits per heavy atom. The molecule has 1 rings (SSSR count). The fourth-order valence-electron chi connectivity index (χ4n) is 1.53. The van der Waals surface area contributed by atoms with Gasteiger partial charge < -0.3 is 20.3 Å². The number of rotatable bonds is 7. The minimum absolute atomic E-state index is 0.158. The molecule has 0 fully saturated rings. The van der Waals surface area contributed by atoms with E-state index in [4.69, 9.17) is 15.2 Å². The quantitative estimate of drug-likeness (QED) is 0.744. The van der Waals surface area contributed by atoms with Crippen LogP contribution in [0.5, 0.6) is 5.75 Å². The van der Waals surface area contributed by atoms with Gasteiger partial charge in [0.2, 0.25) is 0 Å². The van der Waals surface area contributed by atoms with Crippen LogP contribution >= 0.6 is 0 Å². The molecule has 0 aliphatic carbocycles. The van der Waals surface area contributed by atoms with E-state index in [1.807, 2.05) is 31.2 Å². The standard InChI is InChI=1S/C13H21NO3/c1-10(14)7-11-3-5-13(6-4-11)17-9-12(15)8-16-2/h3-6,10,12,15H,7-9,14H2,1-2H3. The zero-order valence-electron chi connectivity index (χ0n) is 10.4. The molecule has 2 atom stereocenters. The summed E-state index contributed by atoms with van der Waals surface area (Å²) in [5, 5.41) is 9.42. The molecular formula is C13H21NO3. The minimum Gasteiger partial charge on any atom is -0.491 e. The largest absolute Gasteiger partial charge is 0.491 e. The lowest BCUT2D eigenvalue weighted by Crippen LogP contribution is -2.22. The summed E-state index contributed by atoms with van der Waals surface area (Å²) in [6.07, 6.45) is 0.260. The van der Waals surface area contributed by atoms with Gasteiger partial charge in [-0.25, -0.2) is 0 Å². The van der Waals surface area contributed by atoms with Crippen molar-refractivity contribution in [2.24, 2.45) is 5.73 Å². The van der Waals surface area contributed by atoms with E-state index in [-0.39, 0.29) is 19.3 Å². The van der Waals surface area contributed by atoms with E-state index in [9.17, 15) is 5.11 Å². The summed E-state index contributed by atoms with van der Waals surface area (Å²) >= 11 is 0. The van der Waals surface area contributed by atoms with E-state index in [1.165, 1.54) is 5.56 Å². The van der Waals surface area contributed by atoms with Crippen LogP contribution in [0.1, 0.15) is 12.5 Å². The summed E-state index contributed by atoms with van der Waals surface area (Å²) in [5.41, 5.74) is 6.90. The van der Waals surface area contributed by atoms with Crippen molar-refractivity contribution in [2.75, 3.05) is 20.3 Å². The molecule has 4 heteroatoms. The predicted octanol–water partition coefficient (Wildman–Crippen LogP) is 0.962. The first-order valence-corrected chi connectivity index (χ1v) is 5.76. The first-order chi connectivity index (χ1) is 8.11. The molecule has 0 saturated carbocycles. The third kappa shape index (κ3) is 5.68. The molecule has 0 aliphatic rings. The van der Waals surface area contributed by atoms with Gasteiger partial charge in [0.1, 0.15) is 18.5 Å². The Balaban J connectivity index is 2.40. The zero-order chi connectivity index (χ0) is 12.7. The Hall–Kier alpha value is -1.10. The van der Waals surface area contributed by atoms with Crippen molar-refractivity contribution in [2.45, 2.75) is 25.5 Å². The molecule has 96 valence electrons. The molecule has 17 heavy (non-hydrogen) atoms. The van der Waals surface area contributed by atoms with Crippen LogP contribution in [-0.4, -0.2) is 37.6 Å². The number of ether oxygens (including phenoxy) is 2. The Kier molecular flexibility index (Phi) is 5.97. The maximum Gasteiger partial charge on any atom is 0.119 e. The summed E-state index contributed by atoms with van der Waals surface area (Å²) in [6.45, 7) is 2.49. The highest BCUT2D eigenvalue weighted by molar-refractivity contribution is 5.27. The molecule has 1 aromatic rings. The van der Waals surface area contributed by atoms with Crippen LogP contribution in [0.4, 0.5) is 0 Å². The third-order valence-corrected chi connectivity index (χ3v) is 2.28. The molecule has 0 radical (unpaired) electrons. The Labute approximate surface area is 102 Å². The van der Waals surface area contributed by atoms with Crippen LogP contribution in [0, 0.1) is 0 Å². The fourth-order valence-corrected chi connectivity index (χ4v) is 1.53. The highest BCUT2D eigenvalue weighted by atomic mass is 16.5. The third-order valence-electron chi connectivity index (χ3n) is 2.28. The molecule has 0 bridgehead atoms. The van der Waals surface area contributed by atoms with Crippen LogP contribution in [0.2, 0.25) is 0 Å². The number of hydrogen-bond donors (Lipinski definition) is 2. The number of hydrogen-bond acceptors (Lipinski definition) is 4. The average molecular weight is 239 g/mol. The number of nitrogens with two attached hydrogens (primary N) is 1. The van der Waals surface area contributed by atoms with E-state index < -0.39 is 6.10 Å². The van der Waals surface area contributed by atoms with Crippen molar-refractivity contribution >= 4 is 0 Å². The van der Waals surface area contributed by atoms with Gasteiger partial charge in [-0.05, 0) is 31.0 Å². The summed E-state index contributed by atoms with van der Waals surface area (Å²) in [4.78, 5) is 0. The maximum atomic E-state index is 9.42. The number of aliphatic hydroxyl groups excluding tert-OH is 1. The Morgan fingerprint density at radius 1 is 1.24 bits per heavy atom. The van der Waals surface area contributed by atoms with Gasteiger partial charge in [0.15, 0.2) is 0 Å².